The van der Waals surface area contributed by atoms with Gasteiger partial charge < -0.3 is 10.1 Å². The van der Waals surface area contributed by atoms with Crippen molar-refractivity contribution in [3.8, 4) is 5.75 Å². The third-order valence-corrected chi connectivity index (χ3v) is 2.90. The molecule has 1 heterocycles. The highest BCUT2D eigenvalue weighted by atomic mass is 35.5. The van der Waals surface area contributed by atoms with Gasteiger partial charge in [0.05, 0.1) is 13.2 Å². The Bertz CT molecular complexity index is 516. The molecular formula is C13H14ClN3O. The quantitative estimate of drug-likeness (QED) is 0.919. The van der Waals surface area contributed by atoms with E-state index < -0.39 is 0 Å². The van der Waals surface area contributed by atoms with E-state index in [1.807, 2.05) is 31.2 Å². The summed E-state index contributed by atoms with van der Waals surface area (Å²) < 4.78 is 5.12. The third kappa shape index (κ3) is 2.90. The van der Waals surface area contributed by atoms with E-state index in [4.69, 9.17) is 16.3 Å². The van der Waals surface area contributed by atoms with Crippen molar-refractivity contribution in [2.24, 2.45) is 0 Å². The van der Waals surface area contributed by atoms with Crippen molar-refractivity contribution in [2.45, 2.75) is 13.0 Å². The maximum Gasteiger partial charge on any atom is 0.171 e. The Morgan fingerprint density at radius 1 is 1.17 bits per heavy atom. The predicted octanol–water partition coefficient (Wildman–Crippen LogP) is 3.31. The maximum atomic E-state index is 5.95. The minimum absolute atomic E-state index is 0.0881. The van der Waals surface area contributed by atoms with Gasteiger partial charge in [-0.2, -0.15) is 0 Å². The summed E-state index contributed by atoms with van der Waals surface area (Å²) in [7, 11) is 1.65. The molecule has 0 saturated carbocycles. The summed E-state index contributed by atoms with van der Waals surface area (Å²) in [5.41, 5.74) is 1.12. The average molecular weight is 264 g/mol. The summed E-state index contributed by atoms with van der Waals surface area (Å²) >= 11 is 5.95. The molecule has 5 heteroatoms. The molecule has 1 aromatic heterocycles. The molecule has 1 N–H and O–H groups in total. The number of hydrogen-bond acceptors (Lipinski definition) is 4. The van der Waals surface area contributed by atoms with Gasteiger partial charge in [0.1, 0.15) is 5.75 Å². The van der Waals surface area contributed by atoms with Crippen LogP contribution in [0.15, 0.2) is 36.7 Å². The molecular weight excluding hydrogens is 250 g/mol. The molecule has 1 aromatic carbocycles. The standard InChI is InChI=1S/C13H14ClN3O/c1-9(10-3-5-11(18-2)6-4-10)17-13-12(14)15-7-8-16-13/h3-9H,1-2H3,(H,16,17)/t9-/m0/s1. The monoisotopic (exact) mass is 263 g/mol. The van der Waals surface area contributed by atoms with Crippen LogP contribution in [0.4, 0.5) is 5.82 Å². The highest BCUT2D eigenvalue weighted by molar-refractivity contribution is 6.31. The van der Waals surface area contributed by atoms with Crippen molar-refractivity contribution in [2.75, 3.05) is 12.4 Å². The topological polar surface area (TPSA) is 47.0 Å². The van der Waals surface area contributed by atoms with E-state index in [-0.39, 0.29) is 6.04 Å². The molecule has 94 valence electrons. The van der Waals surface area contributed by atoms with Crippen molar-refractivity contribution in [1.82, 2.24) is 9.97 Å². The van der Waals surface area contributed by atoms with E-state index in [0.29, 0.717) is 11.0 Å². The molecule has 0 aliphatic carbocycles. The van der Waals surface area contributed by atoms with Crippen LogP contribution in [0.3, 0.4) is 0 Å². The number of aromatic nitrogens is 2. The van der Waals surface area contributed by atoms with Crippen molar-refractivity contribution < 1.29 is 4.74 Å². The fraction of sp³-hybridized carbons (Fsp3) is 0.231. The fourth-order valence-electron chi connectivity index (χ4n) is 1.60. The van der Waals surface area contributed by atoms with Gasteiger partial charge in [-0.3, -0.25) is 0 Å². The SMILES string of the molecule is COc1ccc([C@H](C)Nc2nccnc2Cl)cc1. The minimum atomic E-state index is 0.0881. The summed E-state index contributed by atoms with van der Waals surface area (Å²) in [6, 6.07) is 7.93. The van der Waals surface area contributed by atoms with Gasteiger partial charge in [-0.05, 0) is 24.6 Å². The van der Waals surface area contributed by atoms with E-state index in [1.54, 1.807) is 19.5 Å². The van der Waals surface area contributed by atoms with E-state index in [0.717, 1.165) is 11.3 Å². The van der Waals surface area contributed by atoms with Crippen molar-refractivity contribution in [1.29, 1.82) is 0 Å². The Morgan fingerprint density at radius 3 is 2.44 bits per heavy atom. The third-order valence-electron chi connectivity index (χ3n) is 2.62. The van der Waals surface area contributed by atoms with Gasteiger partial charge in [-0.15, -0.1) is 0 Å². The largest absolute Gasteiger partial charge is 0.497 e. The summed E-state index contributed by atoms with van der Waals surface area (Å²) in [5.74, 6) is 1.42. The number of methoxy groups -OCH3 is 1. The lowest BCUT2D eigenvalue weighted by molar-refractivity contribution is 0.414. The van der Waals surface area contributed by atoms with Gasteiger partial charge in [0.2, 0.25) is 0 Å². The van der Waals surface area contributed by atoms with E-state index in [1.165, 1.54) is 0 Å². The molecule has 0 bridgehead atoms. The van der Waals surface area contributed by atoms with Crippen LogP contribution in [0.2, 0.25) is 5.15 Å². The first kappa shape index (κ1) is 12.6. The summed E-state index contributed by atoms with van der Waals surface area (Å²) in [5, 5.41) is 3.59. The zero-order chi connectivity index (χ0) is 13.0. The van der Waals surface area contributed by atoms with E-state index in [9.17, 15) is 0 Å². The predicted molar refractivity (Wildman–Crippen MR) is 72.1 cm³/mol. The Balaban J connectivity index is 2.11. The molecule has 0 saturated heterocycles. The Hall–Kier alpha value is -1.81. The highest BCUT2D eigenvalue weighted by Crippen LogP contribution is 2.23. The number of nitrogens with zero attached hydrogens (tertiary/aromatic N) is 2. The average Bonchev–Trinajstić information content (AvgIpc) is 2.41. The maximum absolute atomic E-state index is 5.95. The van der Waals surface area contributed by atoms with Gasteiger partial charge in [-0.1, -0.05) is 23.7 Å². The second kappa shape index (κ2) is 5.69. The molecule has 1 atom stereocenters. The first-order valence-electron chi connectivity index (χ1n) is 5.57. The van der Waals surface area contributed by atoms with Gasteiger partial charge in [0.15, 0.2) is 11.0 Å². The first-order chi connectivity index (χ1) is 8.70. The fourth-order valence-corrected chi connectivity index (χ4v) is 1.76. The molecule has 18 heavy (non-hydrogen) atoms. The van der Waals surface area contributed by atoms with Crippen LogP contribution in [0.5, 0.6) is 5.75 Å². The molecule has 4 nitrogen and oxygen atoms in total. The van der Waals surface area contributed by atoms with Gasteiger partial charge >= 0.3 is 0 Å². The summed E-state index contributed by atoms with van der Waals surface area (Å²) in [4.78, 5) is 8.12. The molecule has 0 unspecified atom stereocenters. The lowest BCUT2D eigenvalue weighted by Gasteiger charge is -2.15. The first-order valence-corrected chi connectivity index (χ1v) is 5.95. The van der Waals surface area contributed by atoms with Crippen LogP contribution in [0.25, 0.3) is 0 Å². The second-order valence-electron chi connectivity index (χ2n) is 3.83. The van der Waals surface area contributed by atoms with Crippen LogP contribution in [0.1, 0.15) is 18.5 Å². The zero-order valence-electron chi connectivity index (χ0n) is 10.2. The minimum Gasteiger partial charge on any atom is -0.497 e. The van der Waals surface area contributed by atoms with Crippen LogP contribution in [-0.2, 0) is 0 Å². The van der Waals surface area contributed by atoms with Crippen LogP contribution in [-0.4, -0.2) is 17.1 Å². The van der Waals surface area contributed by atoms with Crippen molar-refractivity contribution in [3.05, 3.63) is 47.4 Å². The Morgan fingerprint density at radius 2 is 1.83 bits per heavy atom. The van der Waals surface area contributed by atoms with Gasteiger partial charge in [0, 0.05) is 12.4 Å². The number of ether oxygens (including phenoxy) is 1. The van der Waals surface area contributed by atoms with Crippen LogP contribution < -0.4 is 10.1 Å². The molecule has 2 aromatic rings. The van der Waals surface area contributed by atoms with E-state index in [2.05, 4.69) is 15.3 Å². The number of hydrogen-bond donors (Lipinski definition) is 1. The molecule has 2 rings (SSSR count). The molecule has 0 radical (unpaired) electrons. The summed E-state index contributed by atoms with van der Waals surface area (Å²) in [6.07, 6.45) is 3.17. The number of rotatable bonds is 4. The Kier molecular flexibility index (Phi) is 3.99. The molecule has 0 fully saturated rings. The lowest BCUT2D eigenvalue weighted by atomic mass is 10.1. The molecule has 0 aliphatic heterocycles. The smallest absolute Gasteiger partial charge is 0.171 e. The summed E-state index contributed by atoms with van der Waals surface area (Å²) in [6.45, 7) is 2.03. The number of anilines is 1. The van der Waals surface area contributed by atoms with Crippen LogP contribution in [0, 0.1) is 0 Å². The van der Waals surface area contributed by atoms with Crippen LogP contribution >= 0.6 is 11.6 Å². The van der Waals surface area contributed by atoms with Gasteiger partial charge in [0.25, 0.3) is 0 Å². The second-order valence-corrected chi connectivity index (χ2v) is 4.19. The van der Waals surface area contributed by atoms with Crippen molar-refractivity contribution >= 4 is 17.4 Å². The number of nitrogens with one attached hydrogen (secondary N) is 1. The van der Waals surface area contributed by atoms with Crippen molar-refractivity contribution in [3.63, 3.8) is 0 Å². The van der Waals surface area contributed by atoms with E-state index >= 15 is 0 Å². The normalized spacial score (nSPS) is 11.9. The van der Waals surface area contributed by atoms with Gasteiger partial charge in [-0.25, -0.2) is 9.97 Å². The lowest BCUT2D eigenvalue weighted by Crippen LogP contribution is -2.08. The molecule has 0 aliphatic rings. The number of benzene rings is 1. The molecule has 0 spiro atoms. The zero-order valence-corrected chi connectivity index (χ0v) is 11.0. The highest BCUT2D eigenvalue weighted by Gasteiger charge is 2.09. The Labute approximate surface area is 111 Å². The molecule has 0 amide bonds. The number of halogens is 1.